The highest BCUT2D eigenvalue weighted by atomic mass is 16.3. The second kappa shape index (κ2) is 12.2. The monoisotopic (exact) mass is 626 g/mol. The maximum absolute atomic E-state index is 12.7. The van der Waals surface area contributed by atoms with Gasteiger partial charge >= 0.3 is 0 Å². The molecule has 1 amide bonds. The van der Waals surface area contributed by atoms with Crippen LogP contribution in [0.2, 0.25) is 0 Å². The molecular formula is C39H54N4O3. The summed E-state index contributed by atoms with van der Waals surface area (Å²) in [4.78, 5) is 27.0. The number of allylic oxidation sites excluding steroid dienone is 5. The third-order valence-corrected chi connectivity index (χ3v) is 12.2. The van der Waals surface area contributed by atoms with E-state index in [0.29, 0.717) is 11.5 Å². The average molecular weight is 627 g/mol. The molecule has 4 aliphatic carbocycles. The molecule has 4 N–H and O–H groups in total. The first-order chi connectivity index (χ1) is 21.7. The van der Waals surface area contributed by atoms with Crippen LogP contribution < -0.4 is 16.0 Å². The van der Waals surface area contributed by atoms with E-state index in [1.54, 1.807) is 0 Å². The van der Waals surface area contributed by atoms with E-state index in [1.165, 1.54) is 37.7 Å². The third kappa shape index (κ3) is 4.87. The van der Waals surface area contributed by atoms with Crippen LogP contribution in [0.15, 0.2) is 65.2 Å². The number of carbonyl (C=O) groups is 1. The van der Waals surface area contributed by atoms with Crippen LogP contribution in [0, 0.1) is 39.9 Å². The van der Waals surface area contributed by atoms with Crippen LogP contribution in [-0.2, 0) is 11.2 Å². The molecule has 1 fully saturated rings. The van der Waals surface area contributed by atoms with E-state index in [-0.39, 0.29) is 22.9 Å². The van der Waals surface area contributed by atoms with Crippen LogP contribution in [0.25, 0.3) is 5.57 Å². The Morgan fingerprint density at radius 2 is 1.93 bits per heavy atom. The maximum atomic E-state index is 12.7. The van der Waals surface area contributed by atoms with Crippen LogP contribution in [0.4, 0.5) is 11.4 Å². The molecule has 1 aromatic carbocycles. The summed E-state index contributed by atoms with van der Waals surface area (Å²) in [5, 5.41) is 19.6. The van der Waals surface area contributed by atoms with E-state index in [0.717, 1.165) is 72.3 Å². The summed E-state index contributed by atoms with van der Waals surface area (Å²) < 4.78 is 0. The number of nitrogens with one attached hydrogen (secondary N) is 1. The van der Waals surface area contributed by atoms with Crippen molar-refractivity contribution >= 4 is 22.9 Å². The number of aliphatic hydroxyl groups excluding tert-OH is 1. The van der Waals surface area contributed by atoms with Gasteiger partial charge in [-0.2, -0.15) is 0 Å². The van der Waals surface area contributed by atoms with Crippen LogP contribution in [-0.4, -0.2) is 31.7 Å². The third-order valence-electron chi connectivity index (χ3n) is 12.2. The molecule has 4 aliphatic rings. The normalized spacial score (nSPS) is 28.8. The number of carbonyl (C=O) groups excluding carboxylic acids is 1. The van der Waals surface area contributed by atoms with Crippen LogP contribution in [0.1, 0.15) is 95.2 Å². The quantitative estimate of drug-likeness (QED) is 0.115. The van der Waals surface area contributed by atoms with Gasteiger partial charge in [0, 0.05) is 48.9 Å². The van der Waals surface area contributed by atoms with Gasteiger partial charge in [-0.25, -0.2) is 0 Å². The Morgan fingerprint density at radius 1 is 1.24 bits per heavy atom. The van der Waals surface area contributed by atoms with Crippen molar-refractivity contribution in [2.24, 2.45) is 39.0 Å². The minimum atomic E-state index is -0.959. The van der Waals surface area contributed by atoms with Crippen LogP contribution in [0.5, 0.6) is 0 Å². The molecule has 0 aliphatic heterocycles. The summed E-state index contributed by atoms with van der Waals surface area (Å²) in [6.07, 6.45) is 12.2. The van der Waals surface area contributed by atoms with Gasteiger partial charge < -0.3 is 21.1 Å². The van der Waals surface area contributed by atoms with Gasteiger partial charge in [0.15, 0.2) is 0 Å². The molecule has 0 aromatic heterocycles. The number of nitroso groups, excluding NO2 is 1. The van der Waals surface area contributed by atoms with Crippen molar-refractivity contribution in [3.05, 3.63) is 81.7 Å². The lowest BCUT2D eigenvalue weighted by molar-refractivity contribution is -0.119. The lowest BCUT2D eigenvalue weighted by Gasteiger charge is -2.68. The molecule has 7 nitrogen and oxygen atoms in total. The first-order valence-electron chi connectivity index (χ1n) is 17.1. The summed E-state index contributed by atoms with van der Waals surface area (Å²) in [6, 6.07) is 2.28. The number of nitrogens with two attached hydrogens (primary N) is 1. The second-order valence-electron chi connectivity index (χ2n) is 15.3. The Hall–Kier alpha value is -3.61. The van der Waals surface area contributed by atoms with E-state index in [4.69, 9.17) is 5.73 Å². The Labute approximate surface area is 275 Å². The highest BCUT2D eigenvalue weighted by molar-refractivity contribution is 5.99. The summed E-state index contributed by atoms with van der Waals surface area (Å²) in [6.45, 7) is 22.4. The zero-order valence-corrected chi connectivity index (χ0v) is 28.9. The van der Waals surface area contributed by atoms with Crippen molar-refractivity contribution in [1.29, 1.82) is 0 Å². The minimum Gasteiger partial charge on any atom is -0.511 e. The molecule has 0 bridgehead atoms. The molecule has 5 rings (SSSR count). The molecular weight excluding hydrogens is 572 g/mol. The van der Waals surface area contributed by atoms with Crippen molar-refractivity contribution in [1.82, 2.24) is 0 Å². The Balaban J connectivity index is 1.53. The van der Waals surface area contributed by atoms with Crippen LogP contribution in [0.3, 0.4) is 0 Å². The average Bonchev–Trinajstić information content (AvgIpc) is 2.98. The number of aliphatic hydroxyl groups is 1. The molecule has 0 saturated heterocycles. The number of amides is 1. The SMILES string of the molecule is C=CCCCCCCC(C)CNc1cc(N(C)C)c2c(c1C)C(=C)C1=C(O)[C@]3(C)C(=C)C(C(N)=O)=C(N=O)[C@H]4CC[C@]43C[C@]1(C)C2. The van der Waals surface area contributed by atoms with Gasteiger partial charge in [0.25, 0.3) is 5.91 Å². The van der Waals surface area contributed by atoms with Crippen molar-refractivity contribution in [3.63, 3.8) is 0 Å². The van der Waals surface area contributed by atoms with E-state index < -0.39 is 22.2 Å². The number of nitrogens with zero attached hydrogens (tertiary/aromatic N) is 2. The topological polar surface area (TPSA) is 108 Å². The fourth-order valence-electron chi connectivity index (χ4n) is 9.67. The maximum Gasteiger partial charge on any atom is 0.250 e. The zero-order chi connectivity index (χ0) is 33.8. The van der Waals surface area contributed by atoms with Crippen molar-refractivity contribution in [2.75, 3.05) is 30.9 Å². The summed E-state index contributed by atoms with van der Waals surface area (Å²) >= 11 is 0. The Kier molecular flexibility index (Phi) is 8.95. The number of hydrogen-bond acceptors (Lipinski definition) is 6. The first kappa shape index (κ1) is 33.7. The summed E-state index contributed by atoms with van der Waals surface area (Å²) in [5.74, 6) is -0.226. The Bertz CT molecular complexity index is 1570. The lowest BCUT2D eigenvalue weighted by atomic mass is 9.35. The summed E-state index contributed by atoms with van der Waals surface area (Å²) in [7, 11) is 4.17. The standard InChI is InChI=1S/C39H54N4O3/c1-10-11-12-13-14-15-16-23(2)21-41-29-19-30(43(8)9)27-20-37(6)22-39-18-17-28(39)34(42-46)32(36(40)45)26(5)38(39,7)35(44)33(37)25(4)31(27)24(29)3/h10,19,23,28,41,44H,1,4-5,11-18,20-22H2,2-3,6-9H3,(H2,40,45)/t23?,28-,37+,38+,39+/m1/s1. The molecule has 1 unspecified atom stereocenters. The molecule has 1 aromatic rings. The number of rotatable bonds is 13. The van der Waals surface area contributed by atoms with Gasteiger partial charge in [0.2, 0.25) is 0 Å². The van der Waals surface area contributed by atoms with Gasteiger partial charge in [-0.1, -0.05) is 52.3 Å². The predicted molar refractivity (Wildman–Crippen MR) is 191 cm³/mol. The smallest absolute Gasteiger partial charge is 0.250 e. The molecule has 5 atom stereocenters. The number of fused-ring (bicyclic) bond motifs is 2. The fourth-order valence-corrected chi connectivity index (χ4v) is 9.67. The van der Waals surface area contributed by atoms with Gasteiger partial charge in [-0.15, -0.1) is 11.5 Å². The van der Waals surface area contributed by atoms with Gasteiger partial charge in [0.1, 0.15) is 11.5 Å². The molecule has 1 spiro atoms. The first-order valence-corrected chi connectivity index (χ1v) is 17.1. The molecule has 7 heteroatoms. The lowest BCUT2D eigenvalue weighted by Crippen LogP contribution is -2.62. The molecule has 0 radical (unpaired) electrons. The highest BCUT2D eigenvalue weighted by Gasteiger charge is 2.71. The fraction of sp³-hybridized carbons (Fsp3) is 0.564. The number of unbranched alkanes of at least 4 members (excludes halogenated alkanes) is 4. The zero-order valence-electron chi connectivity index (χ0n) is 28.9. The minimum absolute atomic E-state index is 0.0823. The van der Waals surface area contributed by atoms with Crippen molar-refractivity contribution in [2.45, 2.75) is 91.9 Å². The Morgan fingerprint density at radius 3 is 2.52 bits per heavy atom. The van der Waals surface area contributed by atoms with E-state index in [2.05, 4.69) is 76.1 Å². The predicted octanol–water partition coefficient (Wildman–Crippen LogP) is 8.91. The van der Waals surface area contributed by atoms with Gasteiger partial charge in [-0.05, 0) is 109 Å². The summed E-state index contributed by atoms with van der Waals surface area (Å²) in [5.41, 5.74) is 12.0. The van der Waals surface area contributed by atoms with Gasteiger partial charge in [0.05, 0.1) is 11.0 Å². The molecule has 0 heterocycles. The highest BCUT2D eigenvalue weighted by Crippen LogP contribution is 2.77. The largest absolute Gasteiger partial charge is 0.511 e. The van der Waals surface area contributed by atoms with Crippen LogP contribution >= 0.6 is 0 Å². The van der Waals surface area contributed by atoms with Gasteiger partial charge in [-0.3, -0.25) is 4.79 Å². The number of hydrogen-bond donors (Lipinski definition) is 3. The van der Waals surface area contributed by atoms with Crippen molar-refractivity contribution in [3.8, 4) is 0 Å². The molecule has 248 valence electrons. The number of anilines is 2. The van der Waals surface area contributed by atoms with Crippen molar-refractivity contribution < 1.29 is 9.90 Å². The van der Waals surface area contributed by atoms with E-state index >= 15 is 0 Å². The number of primary amides is 1. The number of benzene rings is 1. The second-order valence-corrected chi connectivity index (χ2v) is 15.3. The van der Waals surface area contributed by atoms with E-state index in [9.17, 15) is 14.8 Å². The van der Waals surface area contributed by atoms with E-state index in [1.807, 2.05) is 13.0 Å². The molecule has 46 heavy (non-hydrogen) atoms. The molecule has 1 saturated carbocycles.